The van der Waals surface area contributed by atoms with Gasteiger partial charge in [-0.2, -0.15) is 0 Å². The first-order valence-corrected chi connectivity index (χ1v) is 10.0. The zero-order chi connectivity index (χ0) is 16.5. The van der Waals surface area contributed by atoms with Gasteiger partial charge >= 0.3 is 0 Å². The van der Waals surface area contributed by atoms with Crippen molar-refractivity contribution < 1.29 is 13.2 Å². The van der Waals surface area contributed by atoms with Crippen LogP contribution >= 0.6 is 12.4 Å². The van der Waals surface area contributed by atoms with E-state index in [0.717, 1.165) is 37.7 Å². The van der Waals surface area contributed by atoms with Crippen LogP contribution < -0.4 is 11.1 Å². The lowest BCUT2D eigenvalue weighted by molar-refractivity contribution is -0.118. The summed E-state index contributed by atoms with van der Waals surface area (Å²) in [5.74, 6) is -0.153. The second kappa shape index (κ2) is 7.42. The fourth-order valence-electron chi connectivity index (χ4n) is 3.13. The van der Waals surface area contributed by atoms with Gasteiger partial charge in [0.2, 0.25) is 5.91 Å². The highest BCUT2D eigenvalue weighted by Crippen LogP contribution is 2.33. The van der Waals surface area contributed by atoms with Gasteiger partial charge < -0.3 is 11.1 Å². The molecule has 0 heterocycles. The standard InChI is InChI=1S/C17H24N2O3S.ClH/c18-17(9-10-17)16(20)19-14-6-4-5-13(11-14)12-23(21,22)15-7-2-1-3-8-15;/h4-6,11,15H,1-3,7-10,12,18H2,(H,19,20);1H. The second-order valence-electron chi connectivity index (χ2n) is 6.88. The van der Waals surface area contributed by atoms with Gasteiger partial charge in [-0.3, -0.25) is 4.79 Å². The third kappa shape index (κ3) is 4.49. The Hall–Kier alpha value is -1.11. The highest BCUT2D eigenvalue weighted by atomic mass is 35.5. The van der Waals surface area contributed by atoms with Crippen molar-refractivity contribution in [3.8, 4) is 0 Å². The highest BCUT2D eigenvalue weighted by molar-refractivity contribution is 7.91. The molecule has 0 bridgehead atoms. The van der Waals surface area contributed by atoms with Gasteiger partial charge in [0, 0.05) is 5.69 Å². The van der Waals surface area contributed by atoms with Crippen LogP contribution in [0.15, 0.2) is 24.3 Å². The topological polar surface area (TPSA) is 89.3 Å². The van der Waals surface area contributed by atoms with Gasteiger partial charge in [-0.25, -0.2) is 8.42 Å². The van der Waals surface area contributed by atoms with Gasteiger partial charge in [-0.15, -0.1) is 12.4 Å². The van der Waals surface area contributed by atoms with Gasteiger partial charge in [0.15, 0.2) is 9.84 Å². The van der Waals surface area contributed by atoms with E-state index in [1.54, 1.807) is 24.3 Å². The molecule has 1 aromatic rings. The SMILES string of the molecule is Cl.NC1(C(=O)Nc2cccc(CS(=O)(=O)C3CCCCC3)c2)CC1. The van der Waals surface area contributed by atoms with Crippen LogP contribution in [-0.4, -0.2) is 25.1 Å². The zero-order valence-corrected chi connectivity index (χ0v) is 15.3. The Bertz CT molecular complexity index is 696. The van der Waals surface area contributed by atoms with Crippen molar-refractivity contribution in [1.82, 2.24) is 0 Å². The van der Waals surface area contributed by atoms with E-state index in [1.165, 1.54) is 0 Å². The number of hydrogen-bond acceptors (Lipinski definition) is 4. The van der Waals surface area contributed by atoms with E-state index < -0.39 is 15.4 Å². The molecule has 0 radical (unpaired) electrons. The van der Waals surface area contributed by atoms with Crippen LogP contribution in [-0.2, 0) is 20.4 Å². The second-order valence-corrected chi connectivity index (χ2v) is 9.16. The van der Waals surface area contributed by atoms with Crippen LogP contribution in [0.3, 0.4) is 0 Å². The summed E-state index contributed by atoms with van der Waals surface area (Å²) in [5, 5.41) is 2.58. The van der Waals surface area contributed by atoms with Crippen LogP contribution in [0.1, 0.15) is 50.5 Å². The highest BCUT2D eigenvalue weighted by Gasteiger charge is 2.45. The van der Waals surface area contributed by atoms with Gasteiger partial charge in [-0.1, -0.05) is 31.4 Å². The molecule has 2 aliphatic carbocycles. The molecule has 0 aliphatic heterocycles. The molecule has 0 unspecified atom stereocenters. The molecule has 0 saturated heterocycles. The number of nitrogens with two attached hydrogens (primary N) is 1. The third-order valence-corrected chi connectivity index (χ3v) is 7.08. The summed E-state index contributed by atoms with van der Waals surface area (Å²) < 4.78 is 25.1. The van der Waals surface area contributed by atoms with Crippen molar-refractivity contribution >= 4 is 33.8 Å². The molecule has 2 saturated carbocycles. The molecular weight excluding hydrogens is 348 g/mol. The van der Waals surface area contributed by atoms with Crippen molar-refractivity contribution in [2.75, 3.05) is 5.32 Å². The number of anilines is 1. The average molecular weight is 373 g/mol. The predicted molar refractivity (Wildman–Crippen MR) is 98.0 cm³/mol. The van der Waals surface area contributed by atoms with E-state index in [2.05, 4.69) is 5.32 Å². The normalized spacial score (nSPS) is 20.0. The van der Waals surface area contributed by atoms with E-state index in [0.29, 0.717) is 18.5 Å². The summed E-state index contributed by atoms with van der Waals surface area (Å²) in [6, 6.07) is 7.08. The Kier molecular flexibility index (Phi) is 5.94. The van der Waals surface area contributed by atoms with Gasteiger partial charge in [0.25, 0.3) is 0 Å². The van der Waals surface area contributed by atoms with E-state index >= 15 is 0 Å². The number of sulfone groups is 1. The number of halogens is 1. The smallest absolute Gasteiger partial charge is 0.244 e. The van der Waals surface area contributed by atoms with E-state index in [9.17, 15) is 13.2 Å². The number of hydrogen-bond donors (Lipinski definition) is 2. The van der Waals surface area contributed by atoms with Gasteiger partial charge in [-0.05, 0) is 43.4 Å². The Balaban J connectivity index is 0.00000208. The quantitative estimate of drug-likeness (QED) is 0.831. The summed E-state index contributed by atoms with van der Waals surface area (Å²) in [4.78, 5) is 12.0. The number of benzene rings is 1. The molecular formula is C17H25ClN2O3S. The van der Waals surface area contributed by atoms with E-state index in [1.807, 2.05) is 0 Å². The van der Waals surface area contributed by atoms with Crippen LogP contribution in [0.25, 0.3) is 0 Å². The molecule has 134 valence electrons. The lowest BCUT2D eigenvalue weighted by Gasteiger charge is -2.21. The van der Waals surface area contributed by atoms with Crippen LogP contribution in [0.2, 0.25) is 0 Å². The lowest BCUT2D eigenvalue weighted by Crippen LogP contribution is -2.37. The van der Waals surface area contributed by atoms with Crippen molar-refractivity contribution in [1.29, 1.82) is 0 Å². The van der Waals surface area contributed by atoms with Crippen LogP contribution in [0, 0.1) is 0 Å². The maximum atomic E-state index is 12.6. The first-order chi connectivity index (χ1) is 10.9. The number of rotatable bonds is 5. The maximum Gasteiger partial charge on any atom is 0.244 e. The minimum absolute atomic E-state index is 0. The molecule has 1 aromatic carbocycles. The summed E-state index contributed by atoms with van der Waals surface area (Å²) in [5.41, 5.74) is 6.47. The summed E-state index contributed by atoms with van der Waals surface area (Å²) in [6.07, 6.45) is 6.08. The fourth-order valence-corrected chi connectivity index (χ4v) is 5.06. The monoisotopic (exact) mass is 372 g/mol. The molecule has 2 aliphatic rings. The fraction of sp³-hybridized carbons (Fsp3) is 0.588. The summed E-state index contributed by atoms with van der Waals surface area (Å²) in [6.45, 7) is 0. The molecule has 24 heavy (non-hydrogen) atoms. The van der Waals surface area contributed by atoms with Crippen molar-refractivity contribution in [2.24, 2.45) is 5.73 Å². The molecule has 5 nitrogen and oxygen atoms in total. The van der Waals surface area contributed by atoms with Gasteiger partial charge in [0.1, 0.15) is 0 Å². The van der Waals surface area contributed by atoms with Crippen LogP contribution in [0.4, 0.5) is 5.69 Å². The van der Waals surface area contributed by atoms with E-state index in [4.69, 9.17) is 5.73 Å². The zero-order valence-electron chi connectivity index (χ0n) is 13.7. The Morgan fingerprint density at radius 3 is 2.50 bits per heavy atom. The summed E-state index contributed by atoms with van der Waals surface area (Å²) in [7, 11) is -3.14. The number of carbonyl (C=O) groups is 1. The van der Waals surface area contributed by atoms with Crippen molar-refractivity contribution in [2.45, 2.75) is 61.5 Å². The van der Waals surface area contributed by atoms with Crippen molar-refractivity contribution in [3.63, 3.8) is 0 Å². The minimum Gasteiger partial charge on any atom is -0.324 e. The Morgan fingerprint density at radius 2 is 1.88 bits per heavy atom. The predicted octanol–water partition coefficient (Wildman–Crippen LogP) is 2.79. The largest absolute Gasteiger partial charge is 0.324 e. The lowest BCUT2D eigenvalue weighted by atomic mass is 10.0. The molecule has 7 heteroatoms. The Labute approximate surface area is 149 Å². The third-order valence-electron chi connectivity index (χ3n) is 4.85. The number of amides is 1. The number of carbonyl (C=O) groups excluding carboxylic acids is 1. The van der Waals surface area contributed by atoms with E-state index in [-0.39, 0.29) is 29.3 Å². The molecule has 1 amide bonds. The van der Waals surface area contributed by atoms with Gasteiger partial charge in [0.05, 0.1) is 16.5 Å². The average Bonchev–Trinajstić information content (AvgIpc) is 3.27. The molecule has 0 spiro atoms. The maximum absolute atomic E-state index is 12.6. The Morgan fingerprint density at radius 1 is 1.21 bits per heavy atom. The van der Waals surface area contributed by atoms with Crippen LogP contribution in [0.5, 0.6) is 0 Å². The first kappa shape index (κ1) is 19.2. The van der Waals surface area contributed by atoms with Crippen molar-refractivity contribution in [3.05, 3.63) is 29.8 Å². The minimum atomic E-state index is -3.14. The summed E-state index contributed by atoms with van der Waals surface area (Å²) >= 11 is 0. The molecule has 0 aromatic heterocycles. The first-order valence-electron chi connectivity index (χ1n) is 8.30. The number of nitrogens with one attached hydrogen (secondary N) is 1. The molecule has 3 rings (SSSR count). The molecule has 3 N–H and O–H groups in total. The molecule has 2 fully saturated rings. The molecule has 0 atom stereocenters.